The molecule has 1 unspecified atom stereocenters. The Labute approximate surface area is 134 Å². The lowest BCUT2D eigenvalue weighted by atomic mass is 9.86. The molecule has 6 nitrogen and oxygen atoms in total. The summed E-state index contributed by atoms with van der Waals surface area (Å²) in [5, 5.41) is 12.7. The Morgan fingerprint density at radius 3 is 2.75 bits per heavy atom. The Balaban J connectivity index is 1.87. The number of hydrogen-bond donors (Lipinski definition) is 1. The molecule has 1 aliphatic rings. The van der Waals surface area contributed by atoms with Gasteiger partial charge in [-0.15, -0.1) is 0 Å². The summed E-state index contributed by atoms with van der Waals surface area (Å²) in [6, 6.07) is 5.97. The molecule has 0 spiro atoms. The van der Waals surface area contributed by atoms with Gasteiger partial charge in [-0.25, -0.2) is 0 Å². The Hall–Kier alpha value is -2.42. The number of halogens is 3. The number of aromatic nitrogens is 2. The fourth-order valence-electron chi connectivity index (χ4n) is 2.52. The van der Waals surface area contributed by atoms with E-state index in [9.17, 15) is 23.1 Å². The van der Waals surface area contributed by atoms with Crippen molar-refractivity contribution < 1.29 is 27.6 Å². The standard InChI is InChI=1S/C15H14F3N3O3/c1-14(8-22)5-6-21(14)12(23)10-4-2-3-9(7-10)11-19-13(24-20-11)15(16,17)18/h2-4,7,22H,5-6,8H2,1H3. The Morgan fingerprint density at radius 2 is 2.21 bits per heavy atom. The molecule has 1 aliphatic heterocycles. The molecule has 0 bridgehead atoms. The van der Waals surface area contributed by atoms with Gasteiger partial charge in [0.25, 0.3) is 5.91 Å². The number of nitrogens with zero attached hydrogens (tertiary/aromatic N) is 3. The lowest BCUT2D eigenvalue weighted by Crippen LogP contribution is -2.62. The van der Waals surface area contributed by atoms with Gasteiger partial charge in [-0.05, 0) is 25.5 Å². The maximum atomic E-state index is 12.5. The van der Waals surface area contributed by atoms with E-state index in [2.05, 4.69) is 14.7 Å². The molecule has 2 heterocycles. The van der Waals surface area contributed by atoms with Crippen molar-refractivity contribution in [3.63, 3.8) is 0 Å². The van der Waals surface area contributed by atoms with E-state index in [1.165, 1.54) is 23.1 Å². The topological polar surface area (TPSA) is 79.5 Å². The minimum atomic E-state index is -4.72. The van der Waals surface area contributed by atoms with Crippen molar-refractivity contribution in [3.05, 3.63) is 35.7 Å². The molecule has 24 heavy (non-hydrogen) atoms. The van der Waals surface area contributed by atoms with Crippen molar-refractivity contribution in [3.8, 4) is 11.4 Å². The van der Waals surface area contributed by atoms with E-state index in [1.807, 2.05) is 0 Å². The van der Waals surface area contributed by atoms with Crippen LogP contribution in [0.4, 0.5) is 13.2 Å². The van der Waals surface area contributed by atoms with Crippen LogP contribution in [-0.4, -0.2) is 44.7 Å². The summed E-state index contributed by atoms with van der Waals surface area (Å²) in [4.78, 5) is 17.4. The van der Waals surface area contributed by atoms with Crippen LogP contribution in [0.3, 0.4) is 0 Å². The van der Waals surface area contributed by atoms with Gasteiger partial charge in [0.05, 0.1) is 12.1 Å². The van der Waals surface area contributed by atoms with E-state index in [1.54, 1.807) is 13.0 Å². The quantitative estimate of drug-likeness (QED) is 0.927. The van der Waals surface area contributed by atoms with Crippen molar-refractivity contribution in [1.82, 2.24) is 15.0 Å². The third kappa shape index (κ3) is 2.75. The van der Waals surface area contributed by atoms with E-state index in [4.69, 9.17) is 0 Å². The third-order valence-corrected chi connectivity index (χ3v) is 4.15. The maximum Gasteiger partial charge on any atom is 0.471 e. The van der Waals surface area contributed by atoms with Gasteiger partial charge in [-0.2, -0.15) is 18.2 Å². The third-order valence-electron chi connectivity index (χ3n) is 4.15. The lowest BCUT2D eigenvalue weighted by molar-refractivity contribution is -0.159. The van der Waals surface area contributed by atoms with Gasteiger partial charge in [0.2, 0.25) is 5.82 Å². The van der Waals surface area contributed by atoms with Crippen LogP contribution in [-0.2, 0) is 6.18 Å². The van der Waals surface area contributed by atoms with Gasteiger partial charge >= 0.3 is 12.1 Å². The minimum absolute atomic E-state index is 0.155. The average molecular weight is 341 g/mol. The molecule has 9 heteroatoms. The SMILES string of the molecule is CC1(CO)CCN1C(=O)c1cccc(-c2noc(C(F)(F)F)n2)c1. The van der Waals surface area contributed by atoms with E-state index >= 15 is 0 Å². The number of hydrogen-bond acceptors (Lipinski definition) is 5. The molecule has 1 fully saturated rings. The largest absolute Gasteiger partial charge is 0.471 e. The van der Waals surface area contributed by atoms with Crippen LogP contribution in [0.5, 0.6) is 0 Å². The molecule has 1 amide bonds. The van der Waals surface area contributed by atoms with Crippen molar-refractivity contribution in [1.29, 1.82) is 0 Å². The number of benzene rings is 1. The number of carbonyl (C=O) groups excluding carboxylic acids is 1. The smallest absolute Gasteiger partial charge is 0.394 e. The number of aliphatic hydroxyl groups excluding tert-OH is 1. The van der Waals surface area contributed by atoms with Gasteiger partial charge in [-0.3, -0.25) is 4.79 Å². The first kappa shape index (κ1) is 16.4. The summed E-state index contributed by atoms with van der Waals surface area (Å²) >= 11 is 0. The fourth-order valence-corrected chi connectivity index (χ4v) is 2.52. The first-order valence-electron chi connectivity index (χ1n) is 7.19. The molecule has 128 valence electrons. The summed E-state index contributed by atoms with van der Waals surface area (Å²) in [5.41, 5.74) is -0.0839. The summed E-state index contributed by atoms with van der Waals surface area (Å²) in [7, 11) is 0. The zero-order valence-corrected chi connectivity index (χ0v) is 12.7. The van der Waals surface area contributed by atoms with E-state index in [0.717, 1.165) is 0 Å². The van der Waals surface area contributed by atoms with Crippen molar-refractivity contribution in [2.75, 3.05) is 13.2 Å². The van der Waals surface area contributed by atoms with Gasteiger partial charge in [0.15, 0.2) is 0 Å². The first-order chi connectivity index (χ1) is 11.2. The second kappa shape index (κ2) is 5.59. The zero-order valence-electron chi connectivity index (χ0n) is 12.7. The molecule has 0 radical (unpaired) electrons. The van der Waals surface area contributed by atoms with E-state index in [0.29, 0.717) is 13.0 Å². The number of rotatable bonds is 3. The van der Waals surface area contributed by atoms with Gasteiger partial charge in [0, 0.05) is 17.7 Å². The highest BCUT2D eigenvalue weighted by Gasteiger charge is 2.43. The molecule has 1 aromatic heterocycles. The Morgan fingerprint density at radius 1 is 1.46 bits per heavy atom. The number of alkyl halides is 3. The normalized spacial score (nSPS) is 20.8. The number of aliphatic hydroxyl groups is 1. The van der Waals surface area contributed by atoms with Gasteiger partial charge < -0.3 is 14.5 Å². The molecule has 0 aliphatic carbocycles. The second-order valence-electron chi connectivity index (χ2n) is 5.86. The molecule has 1 atom stereocenters. The number of carbonyl (C=O) groups is 1. The Kier molecular flexibility index (Phi) is 3.83. The van der Waals surface area contributed by atoms with Gasteiger partial charge in [0.1, 0.15) is 0 Å². The Bertz CT molecular complexity index is 771. The number of likely N-dealkylation sites (tertiary alicyclic amines) is 1. The highest BCUT2D eigenvalue weighted by Crippen LogP contribution is 2.32. The van der Waals surface area contributed by atoms with Crippen LogP contribution in [0.1, 0.15) is 29.6 Å². The first-order valence-corrected chi connectivity index (χ1v) is 7.19. The van der Waals surface area contributed by atoms with Crippen LogP contribution in [0, 0.1) is 0 Å². The zero-order chi connectivity index (χ0) is 17.5. The van der Waals surface area contributed by atoms with Crippen LogP contribution < -0.4 is 0 Å². The monoisotopic (exact) mass is 341 g/mol. The highest BCUT2D eigenvalue weighted by molar-refractivity contribution is 5.96. The lowest BCUT2D eigenvalue weighted by Gasteiger charge is -2.49. The van der Waals surface area contributed by atoms with Crippen molar-refractivity contribution >= 4 is 5.91 Å². The molecular weight excluding hydrogens is 327 g/mol. The molecule has 1 N–H and O–H groups in total. The van der Waals surface area contributed by atoms with Crippen molar-refractivity contribution in [2.24, 2.45) is 0 Å². The second-order valence-corrected chi connectivity index (χ2v) is 5.86. The predicted molar refractivity (Wildman–Crippen MR) is 75.9 cm³/mol. The van der Waals surface area contributed by atoms with Crippen LogP contribution in [0.25, 0.3) is 11.4 Å². The molecule has 2 aromatic rings. The van der Waals surface area contributed by atoms with E-state index < -0.39 is 17.6 Å². The van der Waals surface area contributed by atoms with Crippen molar-refractivity contribution in [2.45, 2.75) is 25.1 Å². The highest BCUT2D eigenvalue weighted by atomic mass is 19.4. The molecule has 1 saturated heterocycles. The van der Waals surface area contributed by atoms with Gasteiger partial charge in [-0.1, -0.05) is 17.3 Å². The summed E-state index contributed by atoms with van der Waals surface area (Å²) in [6.07, 6.45) is -4.03. The van der Waals surface area contributed by atoms with E-state index in [-0.39, 0.29) is 29.5 Å². The predicted octanol–water partition coefficient (Wildman–Crippen LogP) is 2.35. The fraction of sp³-hybridized carbons (Fsp3) is 0.400. The summed E-state index contributed by atoms with van der Waals surface area (Å²) in [6.45, 7) is 2.13. The maximum absolute atomic E-state index is 12.5. The number of amides is 1. The molecule has 3 rings (SSSR count). The van der Waals surface area contributed by atoms with Crippen LogP contribution in [0.2, 0.25) is 0 Å². The summed E-state index contributed by atoms with van der Waals surface area (Å²) < 4.78 is 41.8. The molecule has 1 aromatic carbocycles. The summed E-state index contributed by atoms with van der Waals surface area (Å²) in [5.74, 6) is -1.99. The molecule has 0 saturated carbocycles. The van der Waals surface area contributed by atoms with Crippen LogP contribution >= 0.6 is 0 Å². The minimum Gasteiger partial charge on any atom is -0.394 e. The molecular formula is C15H14F3N3O3. The van der Waals surface area contributed by atoms with Crippen LogP contribution in [0.15, 0.2) is 28.8 Å². The average Bonchev–Trinajstić information content (AvgIpc) is 3.03.